The number of rotatable bonds is 1. The highest BCUT2D eigenvalue weighted by molar-refractivity contribution is 5.29. The highest BCUT2D eigenvalue weighted by Gasteiger charge is 2.50. The van der Waals surface area contributed by atoms with Crippen LogP contribution in [0.3, 0.4) is 0 Å². The van der Waals surface area contributed by atoms with Crippen LogP contribution in [0, 0.1) is 6.57 Å². The molecular weight excluding hydrogens is 226 g/mol. The minimum atomic E-state index is -0.386. The van der Waals surface area contributed by atoms with Crippen LogP contribution in [0.5, 0.6) is 0 Å². The van der Waals surface area contributed by atoms with Crippen molar-refractivity contribution in [3.8, 4) is 0 Å². The average Bonchev–Trinajstić information content (AvgIpc) is 2.90. The van der Waals surface area contributed by atoms with Gasteiger partial charge in [-0.25, -0.2) is 6.57 Å². The number of hydrogen-bond acceptors (Lipinski definition) is 2. The molecule has 0 bridgehead atoms. The van der Waals surface area contributed by atoms with Crippen LogP contribution in [-0.2, 0) is 15.0 Å². The molecule has 0 radical (unpaired) electrons. The Bertz CT molecular complexity index is 447. The molecule has 94 valence electrons. The monoisotopic (exact) mass is 243 g/mol. The molecule has 1 aromatic carbocycles. The van der Waals surface area contributed by atoms with E-state index in [1.54, 1.807) is 0 Å². The molecule has 1 aliphatic carbocycles. The number of benzene rings is 1. The molecule has 1 spiro atoms. The smallest absolute Gasteiger partial charge is 0.257 e. The molecule has 0 aromatic heterocycles. The lowest BCUT2D eigenvalue weighted by molar-refractivity contribution is -0.182. The first kappa shape index (κ1) is 11.7. The molecule has 1 saturated heterocycles. The molecule has 18 heavy (non-hydrogen) atoms. The van der Waals surface area contributed by atoms with Crippen LogP contribution in [0.4, 0.5) is 0 Å². The second-order valence-corrected chi connectivity index (χ2v) is 5.12. The topological polar surface area (TPSA) is 22.8 Å². The summed E-state index contributed by atoms with van der Waals surface area (Å²) in [6.07, 6.45) is 3.29. The molecule has 3 rings (SSSR count). The van der Waals surface area contributed by atoms with Gasteiger partial charge in [-0.2, -0.15) is 0 Å². The first-order valence-corrected chi connectivity index (χ1v) is 6.51. The van der Waals surface area contributed by atoms with Crippen molar-refractivity contribution in [1.82, 2.24) is 0 Å². The Hall–Kier alpha value is -1.37. The average molecular weight is 243 g/mol. The quantitative estimate of drug-likeness (QED) is 0.707. The standard InChI is InChI=1S/C15H17NO2/c1-16-14(13-5-3-2-4-6-13)7-9-15(10-8-14)17-11-12-18-15/h2-6H,7-12H2. The molecule has 0 N–H and O–H groups in total. The van der Waals surface area contributed by atoms with Crippen LogP contribution in [0.25, 0.3) is 4.85 Å². The maximum absolute atomic E-state index is 7.59. The Morgan fingerprint density at radius 1 is 0.944 bits per heavy atom. The summed E-state index contributed by atoms with van der Waals surface area (Å²) >= 11 is 0. The Kier molecular flexibility index (Phi) is 2.85. The Morgan fingerprint density at radius 3 is 2.11 bits per heavy atom. The van der Waals surface area contributed by atoms with E-state index in [1.807, 2.05) is 18.2 Å². The molecule has 0 atom stereocenters. The molecule has 1 heterocycles. The molecular formula is C15H17NO2. The third-order valence-corrected chi connectivity index (χ3v) is 4.18. The largest absolute Gasteiger partial charge is 0.348 e. The second-order valence-electron chi connectivity index (χ2n) is 5.12. The predicted molar refractivity (Wildman–Crippen MR) is 67.8 cm³/mol. The van der Waals surface area contributed by atoms with Crippen molar-refractivity contribution in [3.63, 3.8) is 0 Å². The van der Waals surface area contributed by atoms with Crippen LogP contribution in [0.2, 0.25) is 0 Å². The van der Waals surface area contributed by atoms with Gasteiger partial charge in [0.05, 0.1) is 13.2 Å². The van der Waals surface area contributed by atoms with E-state index in [4.69, 9.17) is 16.0 Å². The lowest BCUT2D eigenvalue weighted by Crippen LogP contribution is -2.40. The molecule has 1 aliphatic heterocycles. The van der Waals surface area contributed by atoms with Crippen LogP contribution in [0.15, 0.2) is 30.3 Å². The zero-order valence-corrected chi connectivity index (χ0v) is 10.4. The first-order valence-electron chi connectivity index (χ1n) is 6.51. The minimum Gasteiger partial charge on any atom is -0.348 e. The van der Waals surface area contributed by atoms with Crippen molar-refractivity contribution in [2.45, 2.75) is 37.0 Å². The van der Waals surface area contributed by atoms with E-state index in [0.29, 0.717) is 13.2 Å². The normalized spacial score (nSPS) is 24.8. The molecule has 1 aromatic rings. The summed E-state index contributed by atoms with van der Waals surface area (Å²) in [6, 6.07) is 10.1. The lowest BCUT2D eigenvalue weighted by atomic mass is 9.75. The highest BCUT2D eigenvalue weighted by atomic mass is 16.7. The third kappa shape index (κ3) is 1.82. The minimum absolute atomic E-state index is 0.373. The molecule has 3 nitrogen and oxygen atoms in total. The van der Waals surface area contributed by atoms with E-state index < -0.39 is 0 Å². The molecule has 0 amide bonds. The van der Waals surface area contributed by atoms with Gasteiger partial charge in [0.15, 0.2) is 5.79 Å². The number of hydrogen-bond donors (Lipinski definition) is 0. The molecule has 3 heteroatoms. The molecule has 2 aliphatic rings. The van der Waals surface area contributed by atoms with Gasteiger partial charge < -0.3 is 14.3 Å². The maximum Gasteiger partial charge on any atom is 0.257 e. The summed E-state index contributed by atoms with van der Waals surface area (Å²) < 4.78 is 11.5. The summed E-state index contributed by atoms with van der Waals surface area (Å²) in [7, 11) is 0. The van der Waals surface area contributed by atoms with E-state index in [9.17, 15) is 0 Å². The van der Waals surface area contributed by atoms with Crippen LogP contribution in [0.1, 0.15) is 31.2 Å². The van der Waals surface area contributed by atoms with Crippen LogP contribution >= 0.6 is 0 Å². The van der Waals surface area contributed by atoms with Gasteiger partial charge in [-0.3, -0.25) is 0 Å². The summed E-state index contributed by atoms with van der Waals surface area (Å²) in [4.78, 5) is 3.94. The number of ether oxygens (including phenoxy) is 2. The molecule has 1 saturated carbocycles. The first-order chi connectivity index (χ1) is 8.79. The highest BCUT2D eigenvalue weighted by Crippen LogP contribution is 2.47. The summed E-state index contributed by atoms with van der Waals surface area (Å²) in [6.45, 7) is 8.97. The van der Waals surface area contributed by atoms with E-state index in [-0.39, 0.29) is 11.3 Å². The zero-order valence-electron chi connectivity index (χ0n) is 10.4. The summed E-state index contributed by atoms with van der Waals surface area (Å²) in [5, 5.41) is 0. The third-order valence-electron chi connectivity index (χ3n) is 4.18. The predicted octanol–water partition coefficient (Wildman–Crippen LogP) is 3.12. The fourth-order valence-electron chi connectivity index (χ4n) is 3.04. The van der Waals surface area contributed by atoms with Crippen LogP contribution < -0.4 is 0 Å². The van der Waals surface area contributed by atoms with Gasteiger partial charge in [0.25, 0.3) is 5.54 Å². The van der Waals surface area contributed by atoms with E-state index in [1.165, 1.54) is 0 Å². The van der Waals surface area contributed by atoms with Crippen LogP contribution in [-0.4, -0.2) is 19.0 Å². The lowest BCUT2D eigenvalue weighted by Gasteiger charge is -2.37. The summed E-state index contributed by atoms with van der Waals surface area (Å²) in [5.74, 6) is -0.386. The van der Waals surface area contributed by atoms with Gasteiger partial charge >= 0.3 is 0 Å². The Labute approximate surface area is 108 Å². The maximum atomic E-state index is 7.59. The van der Waals surface area contributed by atoms with Gasteiger partial charge in [-0.1, -0.05) is 30.3 Å². The SMILES string of the molecule is [C-]#[N+]C1(c2ccccc2)CCC2(CC1)OCCO2. The number of nitrogens with zero attached hydrogens (tertiary/aromatic N) is 1. The molecule has 0 unspecified atom stereocenters. The van der Waals surface area contributed by atoms with Crippen molar-refractivity contribution in [2.75, 3.05) is 13.2 Å². The van der Waals surface area contributed by atoms with Gasteiger partial charge in [-0.15, -0.1) is 0 Å². The fraction of sp³-hybridized carbons (Fsp3) is 0.533. The van der Waals surface area contributed by atoms with Gasteiger partial charge in [0, 0.05) is 31.2 Å². The Morgan fingerprint density at radius 2 is 1.56 bits per heavy atom. The van der Waals surface area contributed by atoms with Gasteiger partial charge in [-0.05, 0) is 0 Å². The second kappa shape index (κ2) is 4.38. The van der Waals surface area contributed by atoms with E-state index in [2.05, 4.69) is 17.0 Å². The zero-order chi connectivity index (χ0) is 12.5. The van der Waals surface area contributed by atoms with Crippen molar-refractivity contribution in [1.29, 1.82) is 0 Å². The van der Waals surface area contributed by atoms with Gasteiger partial charge in [0.2, 0.25) is 0 Å². The van der Waals surface area contributed by atoms with Crippen molar-refractivity contribution in [2.24, 2.45) is 0 Å². The van der Waals surface area contributed by atoms with Crippen molar-refractivity contribution < 1.29 is 9.47 Å². The molecule has 2 fully saturated rings. The van der Waals surface area contributed by atoms with Crippen molar-refractivity contribution in [3.05, 3.63) is 47.3 Å². The van der Waals surface area contributed by atoms with Gasteiger partial charge in [0.1, 0.15) is 0 Å². The van der Waals surface area contributed by atoms with E-state index in [0.717, 1.165) is 31.2 Å². The van der Waals surface area contributed by atoms with Crippen molar-refractivity contribution >= 4 is 0 Å². The summed E-state index contributed by atoms with van der Waals surface area (Å²) in [5.41, 5.74) is 0.759. The van der Waals surface area contributed by atoms with E-state index >= 15 is 0 Å². The Balaban J connectivity index is 1.82. The fourth-order valence-corrected chi connectivity index (χ4v) is 3.04.